The van der Waals surface area contributed by atoms with Gasteiger partial charge >= 0.3 is 0 Å². The average Bonchev–Trinajstić information content (AvgIpc) is 2.62. The Balaban J connectivity index is 2.41. The molecule has 2 N–H and O–H groups in total. The van der Waals surface area contributed by atoms with Crippen LogP contribution in [0, 0.1) is 0 Å². The van der Waals surface area contributed by atoms with Gasteiger partial charge < -0.3 is 10.2 Å². The fourth-order valence-corrected chi connectivity index (χ4v) is 5.65. The molecule has 0 heterocycles. The molecular weight excluding hydrogens is 408 g/mol. The summed E-state index contributed by atoms with van der Waals surface area (Å²) in [6.45, 7) is 17.2. The van der Waals surface area contributed by atoms with Gasteiger partial charge in [-0.3, -0.25) is 0 Å². The number of hydrogen-bond acceptors (Lipinski definition) is 4. The maximum absolute atomic E-state index is 10.8. The quantitative estimate of drug-likeness (QED) is 0.419. The van der Waals surface area contributed by atoms with Crippen LogP contribution in [0.4, 0.5) is 0 Å². The van der Waals surface area contributed by atoms with Gasteiger partial charge in [0, 0.05) is 20.9 Å². The lowest BCUT2D eigenvalue weighted by Gasteiger charge is -2.24. The van der Waals surface area contributed by atoms with Crippen molar-refractivity contribution >= 4 is 21.6 Å². The van der Waals surface area contributed by atoms with Crippen molar-refractivity contribution in [2.45, 2.75) is 102 Å². The van der Waals surface area contributed by atoms with Crippen LogP contribution in [0.25, 0.3) is 0 Å². The smallest absolute Gasteiger partial charge is 0.122 e. The predicted molar refractivity (Wildman–Crippen MR) is 133 cm³/mol. The Labute approximate surface area is 191 Å². The fourth-order valence-electron chi connectivity index (χ4n) is 3.59. The highest BCUT2D eigenvalue weighted by Crippen LogP contribution is 2.45. The van der Waals surface area contributed by atoms with E-state index in [1.807, 2.05) is 0 Å². The standard InChI is InChI=1S/C26H38O2S2/c1-9-11-17-13-19(15-21(23(17)27)25(3,4)5)29-30-20-14-18(12-10-2)24(28)22(16-20)26(6,7)8/h13-16,27-28H,9-12H2,1-8H3. The summed E-state index contributed by atoms with van der Waals surface area (Å²) in [7, 11) is 3.46. The third-order valence-corrected chi connectivity index (χ3v) is 7.56. The first kappa shape index (κ1) is 25.0. The van der Waals surface area contributed by atoms with Crippen LogP contribution < -0.4 is 0 Å². The van der Waals surface area contributed by atoms with Gasteiger partial charge in [-0.05, 0) is 59.1 Å². The molecule has 166 valence electrons. The maximum Gasteiger partial charge on any atom is 0.122 e. The van der Waals surface area contributed by atoms with E-state index in [4.69, 9.17) is 0 Å². The second-order valence-electron chi connectivity index (χ2n) is 10.1. The van der Waals surface area contributed by atoms with Gasteiger partial charge in [0.05, 0.1) is 0 Å². The van der Waals surface area contributed by atoms with Crippen molar-refractivity contribution in [3.05, 3.63) is 46.5 Å². The molecule has 0 aliphatic heterocycles. The summed E-state index contributed by atoms with van der Waals surface area (Å²) in [5.41, 5.74) is 3.84. The minimum Gasteiger partial charge on any atom is -0.507 e. The first-order valence-electron chi connectivity index (χ1n) is 11.0. The lowest BCUT2D eigenvalue weighted by molar-refractivity contribution is 0.438. The Hall–Kier alpha value is -1.26. The van der Waals surface area contributed by atoms with Crippen LogP contribution >= 0.6 is 21.6 Å². The maximum atomic E-state index is 10.8. The Kier molecular flexibility index (Phi) is 8.26. The Morgan fingerprint density at radius 2 is 0.967 bits per heavy atom. The van der Waals surface area contributed by atoms with Crippen LogP contribution in [-0.4, -0.2) is 10.2 Å². The molecule has 0 aliphatic rings. The molecule has 2 aromatic carbocycles. The number of aromatic hydroxyl groups is 2. The van der Waals surface area contributed by atoms with Crippen molar-refractivity contribution in [2.24, 2.45) is 0 Å². The van der Waals surface area contributed by atoms with E-state index in [9.17, 15) is 10.2 Å². The highest BCUT2D eigenvalue weighted by Gasteiger charge is 2.23. The molecule has 0 aliphatic carbocycles. The zero-order chi connectivity index (χ0) is 22.7. The number of benzene rings is 2. The third kappa shape index (κ3) is 6.13. The van der Waals surface area contributed by atoms with Gasteiger partial charge in [-0.2, -0.15) is 0 Å². The second kappa shape index (κ2) is 9.91. The van der Waals surface area contributed by atoms with E-state index >= 15 is 0 Å². The van der Waals surface area contributed by atoms with Crippen LogP contribution in [0.3, 0.4) is 0 Å². The molecular formula is C26H38O2S2. The number of phenolic OH excluding ortho intramolecular Hbond substituents is 2. The summed E-state index contributed by atoms with van der Waals surface area (Å²) in [6.07, 6.45) is 3.77. The Morgan fingerprint density at radius 1 is 0.633 bits per heavy atom. The van der Waals surface area contributed by atoms with Crippen LogP contribution in [0.2, 0.25) is 0 Å². The highest BCUT2D eigenvalue weighted by molar-refractivity contribution is 8.76. The summed E-state index contributed by atoms with van der Waals surface area (Å²) >= 11 is 0. The topological polar surface area (TPSA) is 40.5 Å². The third-order valence-electron chi connectivity index (χ3n) is 5.21. The first-order chi connectivity index (χ1) is 13.9. The molecule has 0 saturated carbocycles. The van der Waals surface area contributed by atoms with E-state index in [1.165, 1.54) is 0 Å². The highest BCUT2D eigenvalue weighted by atomic mass is 33.1. The molecule has 0 amide bonds. The summed E-state index contributed by atoms with van der Waals surface area (Å²) in [5, 5.41) is 21.5. The summed E-state index contributed by atoms with van der Waals surface area (Å²) < 4.78 is 0. The number of rotatable bonds is 7. The molecule has 0 unspecified atom stereocenters. The SMILES string of the molecule is CCCc1cc(SSc2cc(CCC)c(O)c(C(C)(C)C)c2)cc(C(C)(C)C)c1O. The zero-order valence-corrected chi connectivity index (χ0v) is 21.5. The van der Waals surface area contributed by atoms with Gasteiger partial charge in [-0.25, -0.2) is 0 Å². The van der Waals surface area contributed by atoms with Crippen molar-refractivity contribution in [2.75, 3.05) is 0 Å². The van der Waals surface area contributed by atoms with E-state index in [-0.39, 0.29) is 10.8 Å². The molecule has 0 fully saturated rings. The average molecular weight is 447 g/mol. The van der Waals surface area contributed by atoms with Crippen molar-refractivity contribution in [1.82, 2.24) is 0 Å². The van der Waals surface area contributed by atoms with Gasteiger partial charge in [0.2, 0.25) is 0 Å². The zero-order valence-electron chi connectivity index (χ0n) is 19.8. The number of phenols is 2. The molecule has 0 saturated heterocycles. The number of hydrogen-bond donors (Lipinski definition) is 2. The molecule has 4 heteroatoms. The minimum atomic E-state index is -0.111. The molecule has 30 heavy (non-hydrogen) atoms. The Morgan fingerprint density at radius 3 is 1.23 bits per heavy atom. The fraction of sp³-hybridized carbons (Fsp3) is 0.538. The van der Waals surface area contributed by atoms with Crippen molar-refractivity contribution in [1.29, 1.82) is 0 Å². The van der Waals surface area contributed by atoms with Crippen LogP contribution in [-0.2, 0) is 23.7 Å². The largest absolute Gasteiger partial charge is 0.507 e. The van der Waals surface area contributed by atoms with Crippen LogP contribution in [0.15, 0.2) is 34.1 Å². The van der Waals surface area contributed by atoms with Gasteiger partial charge in [-0.1, -0.05) is 89.8 Å². The molecule has 0 spiro atoms. The molecule has 0 atom stereocenters. The number of aryl methyl sites for hydroxylation is 2. The van der Waals surface area contributed by atoms with Gasteiger partial charge in [0.15, 0.2) is 0 Å². The summed E-state index contributed by atoms with van der Waals surface area (Å²) in [6, 6.07) is 8.52. The summed E-state index contributed by atoms with van der Waals surface area (Å²) in [4.78, 5) is 2.32. The van der Waals surface area contributed by atoms with E-state index in [0.717, 1.165) is 57.7 Å². The molecule has 0 bridgehead atoms. The lowest BCUT2D eigenvalue weighted by Crippen LogP contribution is -2.12. The molecule has 0 aromatic heterocycles. The monoisotopic (exact) mass is 446 g/mol. The van der Waals surface area contributed by atoms with Gasteiger partial charge in [-0.15, -0.1) is 0 Å². The normalized spacial score (nSPS) is 12.4. The van der Waals surface area contributed by atoms with Crippen molar-refractivity contribution in [3.63, 3.8) is 0 Å². The second-order valence-corrected chi connectivity index (χ2v) is 12.4. The van der Waals surface area contributed by atoms with Crippen LogP contribution in [0.1, 0.15) is 90.5 Å². The predicted octanol–water partition coefficient (Wildman–Crippen LogP) is 8.40. The minimum absolute atomic E-state index is 0.111. The molecule has 2 aromatic rings. The van der Waals surface area contributed by atoms with Crippen LogP contribution in [0.5, 0.6) is 11.5 Å². The van der Waals surface area contributed by atoms with Gasteiger partial charge in [0.1, 0.15) is 11.5 Å². The first-order valence-corrected chi connectivity index (χ1v) is 13.1. The van der Waals surface area contributed by atoms with E-state index in [1.54, 1.807) is 21.6 Å². The van der Waals surface area contributed by atoms with E-state index < -0.39 is 0 Å². The molecule has 2 rings (SSSR count). The van der Waals surface area contributed by atoms with Crippen molar-refractivity contribution in [3.8, 4) is 11.5 Å². The van der Waals surface area contributed by atoms with E-state index in [0.29, 0.717) is 11.5 Å². The Bertz CT molecular complexity index is 801. The van der Waals surface area contributed by atoms with Gasteiger partial charge in [0.25, 0.3) is 0 Å². The van der Waals surface area contributed by atoms with Crippen molar-refractivity contribution < 1.29 is 10.2 Å². The molecule has 0 radical (unpaired) electrons. The van der Waals surface area contributed by atoms with E-state index in [2.05, 4.69) is 79.7 Å². The molecule has 2 nitrogen and oxygen atoms in total. The summed E-state index contributed by atoms with van der Waals surface area (Å²) in [5.74, 6) is 0.896. The lowest BCUT2D eigenvalue weighted by atomic mass is 9.84.